The predicted octanol–water partition coefficient (Wildman–Crippen LogP) is 1.88. The lowest BCUT2D eigenvalue weighted by atomic mass is 10.0. The largest absolute Gasteiger partial charge is 0.389 e. The van der Waals surface area contributed by atoms with Crippen LogP contribution in [0.2, 0.25) is 0 Å². The third-order valence-corrected chi connectivity index (χ3v) is 5.02. The molecular weight excluding hydrogens is 361 g/mol. The maximum absolute atomic E-state index is 13.3. The summed E-state index contributed by atoms with van der Waals surface area (Å²) in [7, 11) is 0. The Morgan fingerprint density at radius 2 is 1.93 bits per heavy atom. The van der Waals surface area contributed by atoms with Gasteiger partial charge in [-0.25, -0.2) is 4.39 Å². The van der Waals surface area contributed by atoms with E-state index in [1.54, 1.807) is 12.1 Å². The quantitative estimate of drug-likeness (QED) is 0.544. The van der Waals surface area contributed by atoms with Gasteiger partial charge in [0, 0.05) is 29.6 Å². The van der Waals surface area contributed by atoms with Crippen LogP contribution in [-0.2, 0) is 16.0 Å². The number of rotatable bonds is 5. The Balaban J connectivity index is 1.57. The third-order valence-electron chi connectivity index (χ3n) is 5.02. The molecule has 0 saturated carbocycles. The van der Waals surface area contributed by atoms with Gasteiger partial charge in [0.25, 0.3) is 0 Å². The van der Waals surface area contributed by atoms with Crippen molar-refractivity contribution in [2.45, 2.75) is 25.0 Å². The van der Waals surface area contributed by atoms with Gasteiger partial charge in [0.1, 0.15) is 18.0 Å². The van der Waals surface area contributed by atoms with Crippen LogP contribution in [0.25, 0.3) is 22.2 Å². The molecule has 2 heterocycles. The van der Waals surface area contributed by atoms with Crippen LogP contribution in [-0.4, -0.2) is 40.6 Å². The van der Waals surface area contributed by atoms with Gasteiger partial charge < -0.3 is 20.7 Å². The molecule has 7 heteroatoms. The average molecular weight is 381 g/mol. The molecule has 1 aromatic heterocycles. The number of hydrogen-bond donors (Lipinski definition) is 4. The predicted molar refractivity (Wildman–Crippen MR) is 103 cm³/mol. The minimum absolute atomic E-state index is 0.140. The number of hydrogen-bond acceptors (Lipinski definition) is 3. The molecule has 144 valence electrons. The van der Waals surface area contributed by atoms with Gasteiger partial charge in [-0.05, 0) is 47.9 Å². The smallest absolute Gasteiger partial charge is 0.245 e. The van der Waals surface area contributed by atoms with E-state index in [1.807, 2.05) is 24.3 Å². The summed E-state index contributed by atoms with van der Waals surface area (Å²) in [6.07, 6.45) is -0.321. The average Bonchev–Trinajstić information content (AvgIpc) is 3.22. The van der Waals surface area contributed by atoms with Crippen molar-refractivity contribution in [3.8, 4) is 11.3 Å². The first-order chi connectivity index (χ1) is 13.5. The van der Waals surface area contributed by atoms with Gasteiger partial charge in [0.2, 0.25) is 11.8 Å². The summed E-state index contributed by atoms with van der Waals surface area (Å²) in [6.45, 7) is 0.140. The molecule has 2 atom stereocenters. The number of amides is 2. The summed E-state index contributed by atoms with van der Waals surface area (Å²) in [5.41, 5.74) is 3.56. The van der Waals surface area contributed by atoms with E-state index in [1.165, 1.54) is 12.1 Å². The van der Waals surface area contributed by atoms with E-state index in [9.17, 15) is 19.1 Å². The van der Waals surface area contributed by atoms with Crippen molar-refractivity contribution in [3.05, 3.63) is 59.9 Å². The summed E-state index contributed by atoms with van der Waals surface area (Å²) < 4.78 is 13.3. The van der Waals surface area contributed by atoms with Crippen LogP contribution in [0.15, 0.2) is 48.5 Å². The van der Waals surface area contributed by atoms with E-state index in [2.05, 4.69) is 15.6 Å². The number of para-hydroxylation sites is 1. The molecule has 0 bridgehead atoms. The molecule has 2 amide bonds. The highest BCUT2D eigenvalue weighted by atomic mass is 19.1. The van der Waals surface area contributed by atoms with Gasteiger partial charge in [-0.1, -0.05) is 18.2 Å². The monoisotopic (exact) mass is 381 g/mol. The van der Waals surface area contributed by atoms with E-state index in [4.69, 9.17) is 0 Å². The Kier molecular flexibility index (Phi) is 4.83. The number of halogens is 1. The molecule has 0 aliphatic carbocycles. The number of aromatic nitrogens is 1. The number of nitrogens with one attached hydrogen (secondary N) is 3. The van der Waals surface area contributed by atoms with Crippen molar-refractivity contribution < 1.29 is 19.1 Å². The maximum atomic E-state index is 13.3. The summed E-state index contributed by atoms with van der Waals surface area (Å²) in [4.78, 5) is 27.4. The number of H-pyrrole nitrogens is 1. The number of aryl methyl sites for hydroxylation is 1. The lowest BCUT2D eigenvalue weighted by Crippen LogP contribution is -2.45. The first-order valence-corrected chi connectivity index (χ1v) is 9.13. The first-order valence-electron chi connectivity index (χ1n) is 9.13. The minimum atomic E-state index is -0.917. The fourth-order valence-electron chi connectivity index (χ4n) is 3.58. The van der Waals surface area contributed by atoms with Gasteiger partial charge in [-0.3, -0.25) is 9.59 Å². The maximum Gasteiger partial charge on any atom is 0.245 e. The fourth-order valence-corrected chi connectivity index (χ4v) is 3.58. The van der Waals surface area contributed by atoms with Crippen LogP contribution in [0.5, 0.6) is 0 Å². The fraction of sp³-hybridized carbons (Fsp3) is 0.238. The van der Waals surface area contributed by atoms with E-state index in [0.29, 0.717) is 6.42 Å². The molecule has 6 nitrogen and oxygen atoms in total. The lowest BCUT2D eigenvalue weighted by Gasteiger charge is -2.13. The Bertz CT molecular complexity index is 1030. The molecule has 3 aromatic rings. The van der Waals surface area contributed by atoms with E-state index < -0.39 is 12.1 Å². The number of β-amino-alcohol motifs (C(OH)–C–C–N with tert-alkyl or cyclic N) is 1. The second kappa shape index (κ2) is 7.44. The highest BCUT2D eigenvalue weighted by Gasteiger charge is 2.34. The number of carbonyl (C=O) groups excluding carboxylic acids is 2. The summed E-state index contributed by atoms with van der Waals surface area (Å²) in [5, 5.41) is 15.9. The molecule has 1 aliphatic heterocycles. The molecule has 0 spiro atoms. The number of carbonyl (C=O) groups is 2. The molecule has 1 fully saturated rings. The second-order valence-corrected chi connectivity index (χ2v) is 6.89. The Hall–Kier alpha value is -3.19. The normalized spacial score (nSPS) is 19.0. The van der Waals surface area contributed by atoms with E-state index >= 15 is 0 Å². The molecular formula is C21H20FN3O3. The van der Waals surface area contributed by atoms with Gasteiger partial charge in [0.05, 0.1) is 0 Å². The molecule has 28 heavy (non-hydrogen) atoms. The number of fused-ring (bicyclic) bond motifs is 1. The highest BCUT2D eigenvalue weighted by Crippen LogP contribution is 2.31. The first kappa shape index (κ1) is 18.2. The Labute approximate surface area is 160 Å². The van der Waals surface area contributed by atoms with Crippen molar-refractivity contribution in [2.75, 3.05) is 6.54 Å². The van der Waals surface area contributed by atoms with Crippen LogP contribution in [0.1, 0.15) is 12.0 Å². The molecule has 0 radical (unpaired) electrons. The SMILES string of the molecule is O=C(CCc1c(-c2ccc(F)cc2)[nH]c2ccccc12)NC1C(=O)NCC1O. The summed E-state index contributed by atoms with van der Waals surface area (Å²) in [6, 6.07) is 13.1. The number of aromatic amines is 1. The molecule has 4 rings (SSSR count). The van der Waals surface area contributed by atoms with E-state index in [0.717, 1.165) is 27.7 Å². The zero-order chi connectivity index (χ0) is 19.7. The van der Waals surface area contributed by atoms with Gasteiger partial charge in [-0.2, -0.15) is 0 Å². The summed E-state index contributed by atoms with van der Waals surface area (Å²) >= 11 is 0. The van der Waals surface area contributed by atoms with Crippen LogP contribution in [0.3, 0.4) is 0 Å². The van der Waals surface area contributed by atoms with E-state index in [-0.39, 0.29) is 30.6 Å². The number of aliphatic hydroxyl groups excluding tert-OH is 1. The molecule has 1 aliphatic rings. The molecule has 1 saturated heterocycles. The van der Waals surface area contributed by atoms with Gasteiger partial charge in [0.15, 0.2) is 0 Å². The second-order valence-electron chi connectivity index (χ2n) is 6.89. The third kappa shape index (κ3) is 3.48. The number of benzene rings is 2. The minimum Gasteiger partial charge on any atom is -0.389 e. The highest BCUT2D eigenvalue weighted by molar-refractivity contribution is 5.92. The van der Waals surface area contributed by atoms with Gasteiger partial charge >= 0.3 is 0 Å². The van der Waals surface area contributed by atoms with Crippen molar-refractivity contribution in [2.24, 2.45) is 0 Å². The topological polar surface area (TPSA) is 94.2 Å². The van der Waals surface area contributed by atoms with Crippen LogP contribution < -0.4 is 10.6 Å². The van der Waals surface area contributed by atoms with Crippen molar-refractivity contribution in [3.63, 3.8) is 0 Å². The van der Waals surface area contributed by atoms with Crippen LogP contribution in [0, 0.1) is 5.82 Å². The molecule has 4 N–H and O–H groups in total. The zero-order valence-corrected chi connectivity index (χ0v) is 15.0. The lowest BCUT2D eigenvalue weighted by molar-refractivity contribution is -0.128. The van der Waals surface area contributed by atoms with Crippen LogP contribution >= 0.6 is 0 Å². The van der Waals surface area contributed by atoms with Crippen molar-refractivity contribution in [1.82, 2.24) is 15.6 Å². The molecule has 2 aromatic carbocycles. The zero-order valence-electron chi connectivity index (χ0n) is 15.0. The Morgan fingerprint density at radius 3 is 2.64 bits per heavy atom. The van der Waals surface area contributed by atoms with Crippen molar-refractivity contribution in [1.29, 1.82) is 0 Å². The van der Waals surface area contributed by atoms with Crippen LogP contribution in [0.4, 0.5) is 4.39 Å². The number of aliphatic hydroxyl groups is 1. The summed E-state index contributed by atoms with van der Waals surface area (Å²) in [5.74, 6) is -0.995. The van der Waals surface area contributed by atoms with Crippen molar-refractivity contribution >= 4 is 22.7 Å². The van der Waals surface area contributed by atoms with Gasteiger partial charge in [-0.15, -0.1) is 0 Å². The Morgan fingerprint density at radius 1 is 1.18 bits per heavy atom. The standard InChI is InChI=1S/C21H20FN3O3/c22-13-7-5-12(6-8-13)19-15(14-3-1-2-4-16(14)24-19)9-10-18(27)25-20-17(26)11-23-21(20)28/h1-8,17,20,24,26H,9-11H2,(H,23,28)(H,25,27). The molecule has 2 unspecified atom stereocenters.